The van der Waals surface area contributed by atoms with E-state index in [-0.39, 0.29) is 11.3 Å². The minimum Gasteiger partial charge on any atom is -0.299 e. The van der Waals surface area contributed by atoms with Crippen LogP contribution in [0.1, 0.15) is 45.6 Å². The minimum atomic E-state index is 0.0606. The second-order valence-electron chi connectivity index (χ2n) is 6.70. The number of Topliss-reactive ketones (excluding diaryl/α,β-unsaturated/α-hetero) is 1. The molecule has 0 heterocycles. The van der Waals surface area contributed by atoms with Gasteiger partial charge >= 0.3 is 0 Å². The van der Waals surface area contributed by atoms with Crippen LogP contribution in [0.15, 0.2) is 28.7 Å². The average Bonchev–Trinajstić information content (AvgIpc) is 2.31. The van der Waals surface area contributed by atoms with Gasteiger partial charge in [0.25, 0.3) is 0 Å². The first-order valence-corrected chi connectivity index (χ1v) is 7.95. The van der Waals surface area contributed by atoms with Crippen molar-refractivity contribution in [2.45, 2.75) is 46.5 Å². The van der Waals surface area contributed by atoms with Gasteiger partial charge in [0.15, 0.2) is 0 Å². The molecule has 0 bridgehead atoms. The molecule has 2 rings (SSSR count). The summed E-state index contributed by atoms with van der Waals surface area (Å²) < 4.78 is 1.11. The quantitative estimate of drug-likeness (QED) is 0.763. The summed E-state index contributed by atoms with van der Waals surface area (Å²) in [5.74, 6) is 1.28. The summed E-state index contributed by atoms with van der Waals surface area (Å²) in [7, 11) is 0. The SMILES string of the molecule is CC1CCC(C(C)(C)Cc2ccc(Br)cc2)C(=O)C1. The molecule has 104 valence electrons. The van der Waals surface area contributed by atoms with Gasteiger partial charge in [-0.15, -0.1) is 0 Å². The van der Waals surface area contributed by atoms with Crippen molar-refractivity contribution in [1.29, 1.82) is 0 Å². The number of rotatable bonds is 3. The molecular formula is C17H23BrO. The molecule has 0 N–H and O–H groups in total. The lowest BCUT2D eigenvalue weighted by Gasteiger charge is -2.37. The number of hydrogen-bond donors (Lipinski definition) is 0. The van der Waals surface area contributed by atoms with E-state index in [9.17, 15) is 4.79 Å². The second kappa shape index (κ2) is 5.78. The Balaban J connectivity index is 2.09. The molecule has 1 aliphatic rings. The van der Waals surface area contributed by atoms with E-state index in [0.717, 1.165) is 23.7 Å². The monoisotopic (exact) mass is 322 g/mol. The summed E-state index contributed by atoms with van der Waals surface area (Å²) in [5, 5.41) is 0. The highest BCUT2D eigenvalue weighted by Crippen LogP contribution is 2.40. The number of ketones is 1. The number of carbonyl (C=O) groups excluding carboxylic acids is 1. The molecule has 1 nitrogen and oxygen atoms in total. The predicted octanol–water partition coefficient (Wildman–Crippen LogP) is 5.02. The van der Waals surface area contributed by atoms with Gasteiger partial charge in [-0.05, 0) is 48.3 Å². The van der Waals surface area contributed by atoms with Crippen LogP contribution < -0.4 is 0 Å². The summed E-state index contributed by atoms with van der Waals surface area (Å²) >= 11 is 3.46. The first-order chi connectivity index (χ1) is 8.88. The molecule has 1 aromatic rings. The van der Waals surface area contributed by atoms with Crippen molar-refractivity contribution in [2.75, 3.05) is 0 Å². The first-order valence-electron chi connectivity index (χ1n) is 7.15. The molecular weight excluding hydrogens is 300 g/mol. The van der Waals surface area contributed by atoms with Crippen molar-refractivity contribution in [3.8, 4) is 0 Å². The van der Waals surface area contributed by atoms with E-state index in [1.165, 1.54) is 12.0 Å². The van der Waals surface area contributed by atoms with Gasteiger partial charge in [-0.1, -0.05) is 48.8 Å². The van der Waals surface area contributed by atoms with Crippen molar-refractivity contribution in [3.63, 3.8) is 0 Å². The number of carbonyl (C=O) groups is 1. The number of halogens is 1. The molecule has 19 heavy (non-hydrogen) atoms. The predicted molar refractivity (Wildman–Crippen MR) is 83.1 cm³/mol. The Bertz CT molecular complexity index is 447. The van der Waals surface area contributed by atoms with Crippen LogP contribution in [0.2, 0.25) is 0 Å². The summed E-state index contributed by atoms with van der Waals surface area (Å²) in [6, 6.07) is 8.47. The number of benzene rings is 1. The Hall–Kier alpha value is -0.630. The average molecular weight is 323 g/mol. The summed E-state index contributed by atoms with van der Waals surface area (Å²) in [6.07, 6.45) is 4.00. The molecule has 0 aromatic heterocycles. The van der Waals surface area contributed by atoms with Gasteiger partial charge in [0.1, 0.15) is 5.78 Å². The lowest BCUT2D eigenvalue weighted by atomic mass is 9.66. The zero-order chi connectivity index (χ0) is 14.0. The molecule has 2 atom stereocenters. The topological polar surface area (TPSA) is 17.1 Å². The van der Waals surface area contributed by atoms with Crippen molar-refractivity contribution in [1.82, 2.24) is 0 Å². The van der Waals surface area contributed by atoms with E-state index in [4.69, 9.17) is 0 Å². The van der Waals surface area contributed by atoms with Gasteiger partial charge in [0.05, 0.1) is 0 Å². The smallest absolute Gasteiger partial charge is 0.136 e. The molecule has 0 radical (unpaired) electrons. The van der Waals surface area contributed by atoms with E-state index >= 15 is 0 Å². The Morgan fingerprint density at radius 3 is 2.42 bits per heavy atom. The third kappa shape index (κ3) is 3.68. The van der Waals surface area contributed by atoms with Crippen LogP contribution in [0.25, 0.3) is 0 Å². The van der Waals surface area contributed by atoms with Crippen LogP contribution in [0.3, 0.4) is 0 Å². The Morgan fingerprint density at radius 1 is 1.21 bits per heavy atom. The fraction of sp³-hybridized carbons (Fsp3) is 0.588. The zero-order valence-electron chi connectivity index (χ0n) is 12.1. The van der Waals surface area contributed by atoms with Gasteiger partial charge < -0.3 is 0 Å². The maximum atomic E-state index is 12.3. The van der Waals surface area contributed by atoms with E-state index in [2.05, 4.69) is 61.0 Å². The standard InChI is InChI=1S/C17H23BrO/c1-12-4-9-15(16(19)10-12)17(2,3)11-13-5-7-14(18)8-6-13/h5-8,12,15H,4,9-11H2,1-3H3. The van der Waals surface area contributed by atoms with Crippen LogP contribution in [0.5, 0.6) is 0 Å². The Kier molecular flexibility index (Phi) is 4.50. The molecule has 1 aliphatic carbocycles. The highest BCUT2D eigenvalue weighted by molar-refractivity contribution is 9.10. The minimum absolute atomic E-state index is 0.0606. The van der Waals surface area contributed by atoms with Crippen molar-refractivity contribution < 1.29 is 4.79 Å². The van der Waals surface area contributed by atoms with Gasteiger partial charge in [-0.2, -0.15) is 0 Å². The summed E-state index contributed by atoms with van der Waals surface area (Å²) in [4.78, 5) is 12.3. The molecule has 1 aromatic carbocycles. The third-order valence-corrected chi connectivity index (χ3v) is 4.93. The largest absolute Gasteiger partial charge is 0.299 e. The van der Waals surface area contributed by atoms with E-state index in [1.54, 1.807) is 0 Å². The normalized spacial score (nSPS) is 24.5. The van der Waals surface area contributed by atoms with Crippen LogP contribution in [-0.2, 0) is 11.2 Å². The van der Waals surface area contributed by atoms with E-state index in [0.29, 0.717) is 11.7 Å². The highest BCUT2D eigenvalue weighted by Gasteiger charge is 2.37. The van der Waals surface area contributed by atoms with Gasteiger partial charge in [0.2, 0.25) is 0 Å². The second-order valence-corrected chi connectivity index (χ2v) is 7.61. The zero-order valence-corrected chi connectivity index (χ0v) is 13.7. The summed E-state index contributed by atoms with van der Waals surface area (Å²) in [6.45, 7) is 6.68. The fourth-order valence-electron chi connectivity index (χ4n) is 3.28. The van der Waals surface area contributed by atoms with Crippen LogP contribution in [0, 0.1) is 17.3 Å². The fourth-order valence-corrected chi connectivity index (χ4v) is 3.54. The lowest BCUT2D eigenvalue weighted by Crippen LogP contribution is -2.36. The van der Waals surface area contributed by atoms with E-state index < -0.39 is 0 Å². The molecule has 0 amide bonds. The van der Waals surface area contributed by atoms with Crippen molar-refractivity contribution in [3.05, 3.63) is 34.3 Å². The van der Waals surface area contributed by atoms with Crippen LogP contribution >= 0.6 is 15.9 Å². The molecule has 2 unspecified atom stereocenters. The van der Waals surface area contributed by atoms with Gasteiger partial charge in [0, 0.05) is 16.8 Å². The highest BCUT2D eigenvalue weighted by atomic mass is 79.9. The third-order valence-electron chi connectivity index (χ3n) is 4.40. The Labute approximate surface area is 124 Å². The maximum Gasteiger partial charge on any atom is 0.136 e. The molecule has 1 fully saturated rings. The molecule has 0 saturated heterocycles. The summed E-state index contributed by atoms with van der Waals surface area (Å²) in [5.41, 5.74) is 1.38. The van der Waals surface area contributed by atoms with Crippen molar-refractivity contribution in [2.24, 2.45) is 17.3 Å². The molecule has 2 heteroatoms. The Morgan fingerprint density at radius 2 is 1.84 bits per heavy atom. The number of hydrogen-bond acceptors (Lipinski definition) is 1. The van der Waals surface area contributed by atoms with Crippen LogP contribution in [-0.4, -0.2) is 5.78 Å². The van der Waals surface area contributed by atoms with Gasteiger partial charge in [-0.3, -0.25) is 4.79 Å². The first kappa shape index (κ1) is 14.8. The molecule has 0 aliphatic heterocycles. The molecule has 0 spiro atoms. The van der Waals surface area contributed by atoms with Crippen molar-refractivity contribution >= 4 is 21.7 Å². The molecule has 1 saturated carbocycles. The maximum absolute atomic E-state index is 12.3. The van der Waals surface area contributed by atoms with E-state index in [1.807, 2.05) is 0 Å². The van der Waals surface area contributed by atoms with Crippen LogP contribution in [0.4, 0.5) is 0 Å². The van der Waals surface area contributed by atoms with Gasteiger partial charge in [-0.25, -0.2) is 0 Å². The lowest BCUT2D eigenvalue weighted by molar-refractivity contribution is -0.129.